The van der Waals surface area contributed by atoms with Crippen molar-refractivity contribution in [1.29, 1.82) is 0 Å². The lowest BCUT2D eigenvalue weighted by atomic mass is 9.96. The van der Waals surface area contributed by atoms with Gasteiger partial charge in [0.15, 0.2) is 5.82 Å². The van der Waals surface area contributed by atoms with Crippen LogP contribution in [-0.2, 0) is 11.3 Å². The van der Waals surface area contributed by atoms with Crippen LogP contribution in [0.5, 0.6) is 0 Å². The predicted octanol–water partition coefficient (Wildman–Crippen LogP) is 3.58. The van der Waals surface area contributed by atoms with Gasteiger partial charge in [0.2, 0.25) is 5.91 Å². The lowest BCUT2D eigenvalue weighted by Gasteiger charge is -2.31. The second-order valence-corrected chi connectivity index (χ2v) is 7.15. The summed E-state index contributed by atoms with van der Waals surface area (Å²) in [4.78, 5) is 14.6. The largest absolute Gasteiger partial charge is 0.467 e. The number of amides is 1. The third-order valence-corrected chi connectivity index (χ3v) is 5.28. The van der Waals surface area contributed by atoms with Gasteiger partial charge in [-0.05, 0) is 49.6 Å². The minimum atomic E-state index is 0.0328. The van der Waals surface area contributed by atoms with Gasteiger partial charge < -0.3 is 14.6 Å². The number of rotatable bonds is 5. The van der Waals surface area contributed by atoms with Gasteiger partial charge >= 0.3 is 0 Å². The fourth-order valence-electron chi connectivity index (χ4n) is 3.60. The zero-order chi connectivity index (χ0) is 19.3. The van der Waals surface area contributed by atoms with E-state index in [1.165, 1.54) is 5.56 Å². The maximum Gasteiger partial charge on any atom is 0.223 e. The van der Waals surface area contributed by atoms with E-state index in [-0.39, 0.29) is 11.8 Å². The van der Waals surface area contributed by atoms with Gasteiger partial charge in [-0.3, -0.25) is 4.79 Å². The number of carbonyl (C=O) groups excluding carboxylic acids is 1. The molecule has 1 N–H and O–H groups in total. The molecule has 0 unspecified atom stereocenters. The summed E-state index contributed by atoms with van der Waals surface area (Å²) in [5.41, 5.74) is 3.17. The summed E-state index contributed by atoms with van der Waals surface area (Å²) >= 11 is 0. The minimum absolute atomic E-state index is 0.0328. The monoisotopic (exact) mass is 376 g/mol. The van der Waals surface area contributed by atoms with E-state index in [1.54, 1.807) is 6.26 Å². The number of nitrogens with zero attached hydrogens (tertiary/aromatic N) is 3. The van der Waals surface area contributed by atoms with E-state index in [4.69, 9.17) is 4.42 Å². The maximum atomic E-state index is 12.4. The topological polar surface area (TPSA) is 71.3 Å². The normalized spacial score (nSPS) is 14.8. The molecule has 6 nitrogen and oxygen atoms in total. The number of benzene rings is 1. The van der Waals surface area contributed by atoms with Crippen molar-refractivity contribution in [3.63, 3.8) is 0 Å². The van der Waals surface area contributed by atoms with Crippen molar-refractivity contribution < 1.29 is 9.21 Å². The molecule has 1 aliphatic heterocycles. The molecule has 28 heavy (non-hydrogen) atoms. The van der Waals surface area contributed by atoms with Gasteiger partial charge in [-0.25, -0.2) is 0 Å². The Balaban J connectivity index is 1.32. The smallest absolute Gasteiger partial charge is 0.223 e. The van der Waals surface area contributed by atoms with E-state index in [1.807, 2.05) is 36.4 Å². The van der Waals surface area contributed by atoms with E-state index < -0.39 is 0 Å². The highest BCUT2D eigenvalue weighted by Crippen LogP contribution is 2.25. The first-order chi connectivity index (χ1) is 13.7. The summed E-state index contributed by atoms with van der Waals surface area (Å²) in [7, 11) is 0. The van der Waals surface area contributed by atoms with Crippen LogP contribution in [0.3, 0.4) is 0 Å². The van der Waals surface area contributed by atoms with Gasteiger partial charge in [0.25, 0.3) is 0 Å². The van der Waals surface area contributed by atoms with Gasteiger partial charge in [-0.15, -0.1) is 10.2 Å². The van der Waals surface area contributed by atoms with E-state index in [2.05, 4.69) is 39.5 Å². The number of aromatic nitrogens is 2. The molecule has 0 radical (unpaired) electrons. The minimum Gasteiger partial charge on any atom is -0.467 e. The summed E-state index contributed by atoms with van der Waals surface area (Å²) in [5, 5.41) is 11.8. The van der Waals surface area contributed by atoms with Crippen LogP contribution >= 0.6 is 0 Å². The Bertz CT molecular complexity index is 914. The van der Waals surface area contributed by atoms with E-state index >= 15 is 0 Å². The second-order valence-electron chi connectivity index (χ2n) is 7.15. The predicted molar refractivity (Wildman–Crippen MR) is 108 cm³/mol. The van der Waals surface area contributed by atoms with Crippen LogP contribution in [0.2, 0.25) is 0 Å². The molecule has 0 bridgehead atoms. The highest BCUT2D eigenvalue weighted by Gasteiger charge is 2.25. The fraction of sp³-hybridized carbons (Fsp3) is 0.318. The van der Waals surface area contributed by atoms with Gasteiger partial charge in [-0.1, -0.05) is 24.3 Å². The van der Waals surface area contributed by atoms with Crippen molar-refractivity contribution in [3.8, 4) is 11.3 Å². The van der Waals surface area contributed by atoms with Crippen LogP contribution in [0.15, 0.2) is 59.2 Å². The number of carbonyl (C=O) groups is 1. The molecule has 0 aliphatic carbocycles. The van der Waals surface area contributed by atoms with Crippen molar-refractivity contribution in [2.45, 2.75) is 26.3 Å². The first kappa shape index (κ1) is 18.2. The Morgan fingerprint density at radius 1 is 1.11 bits per heavy atom. The van der Waals surface area contributed by atoms with Crippen LogP contribution in [0.4, 0.5) is 5.82 Å². The molecule has 1 aromatic carbocycles. The molecule has 1 saturated heterocycles. The van der Waals surface area contributed by atoms with Crippen LogP contribution in [0, 0.1) is 12.8 Å². The molecule has 1 amide bonds. The van der Waals surface area contributed by atoms with Crippen LogP contribution < -0.4 is 10.2 Å². The molecule has 3 heterocycles. The van der Waals surface area contributed by atoms with Crippen LogP contribution in [0.25, 0.3) is 11.3 Å². The Labute approximate surface area is 164 Å². The summed E-state index contributed by atoms with van der Waals surface area (Å²) < 4.78 is 5.26. The molecule has 1 fully saturated rings. The Kier molecular flexibility index (Phi) is 5.37. The fourth-order valence-corrected chi connectivity index (χ4v) is 3.60. The van der Waals surface area contributed by atoms with E-state index in [9.17, 15) is 4.79 Å². The van der Waals surface area contributed by atoms with Gasteiger partial charge in [0.1, 0.15) is 5.76 Å². The first-order valence-electron chi connectivity index (χ1n) is 9.65. The summed E-state index contributed by atoms with van der Waals surface area (Å²) in [6, 6.07) is 15.9. The first-order valence-corrected chi connectivity index (χ1v) is 9.65. The third kappa shape index (κ3) is 4.06. The lowest BCUT2D eigenvalue weighted by molar-refractivity contribution is -0.125. The molecular weight excluding hydrogens is 352 g/mol. The van der Waals surface area contributed by atoms with Gasteiger partial charge in [0, 0.05) is 24.6 Å². The van der Waals surface area contributed by atoms with Gasteiger partial charge in [-0.2, -0.15) is 0 Å². The molecular formula is C22H24N4O2. The molecule has 3 aromatic rings. The molecule has 0 atom stereocenters. The highest BCUT2D eigenvalue weighted by atomic mass is 16.3. The highest BCUT2D eigenvalue weighted by molar-refractivity contribution is 5.78. The average molecular weight is 376 g/mol. The number of hydrogen-bond donors (Lipinski definition) is 1. The molecule has 0 spiro atoms. The summed E-state index contributed by atoms with van der Waals surface area (Å²) in [6.45, 7) is 4.12. The van der Waals surface area contributed by atoms with Gasteiger partial charge in [0.05, 0.1) is 18.5 Å². The third-order valence-electron chi connectivity index (χ3n) is 5.28. The SMILES string of the molecule is Cc1ccccc1-c1ccc(N2CCC(C(=O)NCc3ccco3)CC2)nn1. The number of anilines is 1. The van der Waals surface area contributed by atoms with Crippen LogP contribution in [0.1, 0.15) is 24.2 Å². The number of nitrogens with one attached hydrogen (secondary N) is 1. The van der Waals surface area contributed by atoms with Crippen molar-refractivity contribution in [1.82, 2.24) is 15.5 Å². The Hall–Kier alpha value is -3.15. The number of aryl methyl sites for hydroxylation is 1. The van der Waals surface area contributed by atoms with Crippen molar-refractivity contribution in [2.24, 2.45) is 5.92 Å². The Morgan fingerprint density at radius 3 is 2.61 bits per heavy atom. The molecule has 2 aromatic heterocycles. The Morgan fingerprint density at radius 2 is 1.93 bits per heavy atom. The summed E-state index contributed by atoms with van der Waals surface area (Å²) in [6.07, 6.45) is 3.24. The molecule has 0 saturated carbocycles. The van der Waals surface area contributed by atoms with E-state index in [0.717, 1.165) is 48.8 Å². The van der Waals surface area contributed by atoms with Crippen LogP contribution in [-0.4, -0.2) is 29.2 Å². The lowest BCUT2D eigenvalue weighted by Crippen LogP contribution is -2.40. The molecule has 1 aliphatic rings. The summed E-state index contributed by atoms with van der Waals surface area (Å²) in [5.74, 6) is 1.77. The average Bonchev–Trinajstić information content (AvgIpc) is 3.26. The molecule has 6 heteroatoms. The number of hydrogen-bond acceptors (Lipinski definition) is 5. The zero-order valence-corrected chi connectivity index (χ0v) is 16.0. The maximum absolute atomic E-state index is 12.4. The van der Waals surface area contributed by atoms with Crippen molar-refractivity contribution >= 4 is 11.7 Å². The zero-order valence-electron chi connectivity index (χ0n) is 16.0. The molecule has 144 valence electrons. The molecule has 4 rings (SSSR count). The number of piperidine rings is 1. The standard InChI is InChI=1S/C22H24N4O2/c1-16-5-2-3-7-19(16)20-8-9-21(25-24-20)26-12-10-17(11-13-26)22(27)23-15-18-6-4-14-28-18/h2-9,14,17H,10-13,15H2,1H3,(H,23,27). The number of furan rings is 1. The van der Waals surface area contributed by atoms with Crippen molar-refractivity contribution in [2.75, 3.05) is 18.0 Å². The second kappa shape index (κ2) is 8.25. The van der Waals surface area contributed by atoms with Crippen molar-refractivity contribution in [3.05, 3.63) is 66.1 Å². The quantitative estimate of drug-likeness (QED) is 0.737. The van der Waals surface area contributed by atoms with E-state index in [0.29, 0.717) is 6.54 Å².